The van der Waals surface area contributed by atoms with Crippen LogP contribution in [0.1, 0.15) is 5.56 Å². The molecular weight excluding hydrogens is 226 g/mol. The zero-order valence-corrected chi connectivity index (χ0v) is 11.3. The molecule has 98 valence electrons. The molecular formula is C15H22NO2+. The molecule has 0 aliphatic carbocycles. The normalized spacial score (nSPS) is 11.0. The molecule has 18 heavy (non-hydrogen) atoms. The van der Waals surface area contributed by atoms with Crippen molar-refractivity contribution in [2.24, 2.45) is 0 Å². The molecule has 0 aliphatic heterocycles. The number of carbonyl (C=O) groups is 1. The van der Waals surface area contributed by atoms with Crippen LogP contribution in [0.15, 0.2) is 43.0 Å². The summed E-state index contributed by atoms with van der Waals surface area (Å²) in [5, 5.41) is 0. The summed E-state index contributed by atoms with van der Waals surface area (Å²) in [6, 6.07) is 10.4. The SMILES string of the molecule is C=CC(=O)OCC[N+](C)(C)CCc1ccccc1. The van der Waals surface area contributed by atoms with E-state index >= 15 is 0 Å². The highest BCUT2D eigenvalue weighted by molar-refractivity contribution is 5.81. The first-order chi connectivity index (χ1) is 8.53. The van der Waals surface area contributed by atoms with Crippen LogP contribution in [0.2, 0.25) is 0 Å². The first-order valence-electron chi connectivity index (χ1n) is 6.18. The van der Waals surface area contributed by atoms with Gasteiger partial charge in [-0.3, -0.25) is 0 Å². The first-order valence-corrected chi connectivity index (χ1v) is 6.18. The number of likely N-dealkylation sites (N-methyl/N-ethyl adjacent to an activating group) is 1. The van der Waals surface area contributed by atoms with Crippen molar-refractivity contribution < 1.29 is 14.0 Å². The van der Waals surface area contributed by atoms with Gasteiger partial charge in [0.2, 0.25) is 0 Å². The molecule has 0 atom stereocenters. The van der Waals surface area contributed by atoms with Crippen molar-refractivity contribution in [3.05, 3.63) is 48.6 Å². The maximum absolute atomic E-state index is 10.9. The first kappa shape index (κ1) is 14.5. The number of benzene rings is 1. The van der Waals surface area contributed by atoms with Crippen molar-refractivity contribution in [1.29, 1.82) is 0 Å². The molecule has 0 spiro atoms. The maximum Gasteiger partial charge on any atom is 0.330 e. The van der Waals surface area contributed by atoms with Crippen molar-refractivity contribution in [1.82, 2.24) is 0 Å². The molecule has 0 aliphatic rings. The molecule has 0 heterocycles. The number of nitrogens with zero attached hydrogens (tertiary/aromatic N) is 1. The van der Waals surface area contributed by atoms with Crippen molar-refractivity contribution in [2.75, 3.05) is 33.8 Å². The van der Waals surface area contributed by atoms with Crippen LogP contribution >= 0.6 is 0 Å². The van der Waals surface area contributed by atoms with E-state index in [4.69, 9.17) is 4.74 Å². The van der Waals surface area contributed by atoms with Crippen molar-refractivity contribution >= 4 is 5.97 Å². The number of hydrogen-bond donors (Lipinski definition) is 0. The minimum atomic E-state index is -0.349. The summed E-state index contributed by atoms with van der Waals surface area (Å²) in [6.07, 6.45) is 2.23. The Kier molecular flexibility index (Phi) is 5.59. The second kappa shape index (κ2) is 6.97. The van der Waals surface area contributed by atoms with E-state index in [-0.39, 0.29) is 5.97 Å². The van der Waals surface area contributed by atoms with Crippen LogP contribution in [0.3, 0.4) is 0 Å². The summed E-state index contributed by atoms with van der Waals surface area (Å²) < 4.78 is 5.84. The Morgan fingerprint density at radius 3 is 2.56 bits per heavy atom. The molecule has 0 saturated carbocycles. The molecule has 0 unspecified atom stereocenters. The summed E-state index contributed by atoms with van der Waals surface area (Å²) in [7, 11) is 4.29. The fourth-order valence-corrected chi connectivity index (χ4v) is 1.64. The molecule has 0 fully saturated rings. The van der Waals surface area contributed by atoms with Crippen molar-refractivity contribution in [3.63, 3.8) is 0 Å². The van der Waals surface area contributed by atoms with Gasteiger partial charge in [0.05, 0.1) is 20.6 Å². The topological polar surface area (TPSA) is 26.3 Å². The highest BCUT2D eigenvalue weighted by Crippen LogP contribution is 2.04. The molecule has 0 bridgehead atoms. The maximum atomic E-state index is 10.9. The number of ether oxygens (including phenoxy) is 1. The Balaban J connectivity index is 2.31. The van der Waals surface area contributed by atoms with Crippen LogP contribution in [0.5, 0.6) is 0 Å². The van der Waals surface area contributed by atoms with E-state index in [9.17, 15) is 4.79 Å². The second-order valence-electron chi connectivity index (χ2n) is 4.99. The van der Waals surface area contributed by atoms with Crippen LogP contribution in [0.25, 0.3) is 0 Å². The van der Waals surface area contributed by atoms with E-state index < -0.39 is 0 Å². The van der Waals surface area contributed by atoms with Gasteiger partial charge in [0.25, 0.3) is 0 Å². The van der Waals surface area contributed by atoms with Gasteiger partial charge in [-0.25, -0.2) is 4.79 Å². The molecule has 3 nitrogen and oxygen atoms in total. The van der Waals surface area contributed by atoms with Crippen molar-refractivity contribution in [3.8, 4) is 0 Å². The number of carbonyl (C=O) groups excluding carboxylic acids is 1. The Labute approximate surface area is 109 Å². The third kappa shape index (κ3) is 5.64. The van der Waals surface area contributed by atoms with Gasteiger partial charge >= 0.3 is 5.97 Å². The summed E-state index contributed by atoms with van der Waals surface area (Å²) in [5.74, 6) is -0.349. The number of esters is 1. The molecule has 0 aromatic heterocycles. The molecule has 0 radical (unpaired) electrons. The fraction of sp³-hybridized carbons (Fsp3) is 0.400. The lowest BCUT2D eigenvalue weighted by atomic mass is 10.1. The predicted octanol–water partition coefficient (Wildman–Crippen LogP) is 2.03. The van der Waals surface area contributed by atoms with Gasteiger partial charge in [0.1, 0.15) is 13.2 Å². The lowest BCUT2D eigenvalue weighted by molar-refractivity contribution is -0.890. The smallest absolute Gasteiger partial charge is 0.330 e. The van der Waals surface area contributed by atoms with E-state index in [1.807, 2.05) is 6.07 Å². The van der Waals surface area contributed by atoms with Crippen molar-refractivity contribution in [2.45, 2.75) is 6.42 Å². The van der Waals surface area contributed by atoms with E-state index in [1.165, 1.54) is 11.6 Å². The third-order valence-electron chi connectivity index (χ3n) is 2.96. The lowest BCUT2D eigenvalue weighted by Crippen LogP contribution is -2.44. The molecule has 1 aromatic carbocycles. The van der Waals surface area contributed by atoms with Gasteiger partial charge in [-0.15, -0.1) is 0 Å². The Morgan fingerprint density at radius 1 is 1.28 bits per heavy atom. The third-order valence-corrected chi connectivity index (χ3v) is 2.96. The minimum Gasteiger partial charge on any atom is -0.457 e. The minimum absolute atomic E-state index is 0.349. The Hall–Kier alpha value is -1.61. The van der Waals surface area contributed by atoms with E-state index in [2.05, 4.69) is 44.9 Å². The summed E-state index contributed by atoms with van der Waals surface area (Å²) in [4.78, 5) is 10.9. The second-order valence-corrected chi connectivity index (χ2v) is 4.99. The van der Waals surface area contributed by atoms with Crippen LogP contribution in [-0.2, 0) is 16.0 Å². The molecule has 1 aromatic rings. The van der Waals surface area contributed by atoms with Crippen LogP contribution in [0, 0.1) is 0 Å². The predicted molar refractivity (Wildman–Crippen MR) is 73.1 cm³/mol. The summed E-state index contributed by atoms with van der Waals surface area (Å²) in [5.41, 5.74) is 1.34. The summed E-state index contributed by atoms with van der Waals surface area (Å²) in [6.45, 7) is 5.64. The van der Waals surface area contributed by atoms with Gasteiger partial charge in [0, 0.05) is 12.5 Å². The fourth-order valence-electron chi connectivity index (χ4n) is 1.64. The van der Waals surface area contributed by atoms with Crippen LogP contribution in [0.4, 0.5) is 0 Å². The standard InChI is InChI=1S/C15H22NO2/c1-4-15(17)18-13-12-16(2,3)11-10-14-8-6-5-7-9-14/h4-9H,1,10-13H2,2-3H3/q+1. The monoisotopic (exact) mass is 248 g/mol. The van der Waals surface area contributed by atoms with Crippen LogP contribution in [-0.4, -0.2) is 44.2 Å². The molecule has 0 amide bonds. The quantitative estimate of drug-likeness (QED) is 0.419. The highest BCUT2D eigenvalue weighted by Gasteiger charge is 2.15. The molecule has 3 heteroatoms. The number of hydrogen-bond acceptors (Lipinski definition) is 2. The van der Waals surface area contributed by atoms with Gasteiger partial charge < -0.3 is 9.22 Å². The Morgan fingerprint density at radius 2 is 1.94 bits per heavy atom. The zero-order valence-electron chi connectivity index (χ0n) is 11.3. The number of quaternary nitrogens is 1. The molecule has 0 saturated heterocycles. The van der Waals surface area contributed by atoms with Gasteiger partial charge in [0.15, 0.2) is 0 Å². The van der Waals surface area contributed by atoms with E-state index in [0.717, 1.165) is 24.0 Å². The summed E-state index contributed by atoms with van der Waals surface area (Å²) >= 11 is 0. The number of rotatable bonds is 7. The largest absolute Gasteiger partial charge is 0.457 e. The molecule has 1 rings (SSSR count). The van der Waals surface area contributed by atoms with Gasteiger partial charge in [-0.2, -0.15) is 0 Å². The Bertz CT molecular complexity index is 385. The highest BCUT2D eigenvalue weighted by atomic mass is 16.5. The van der Waals surface area contributed by atoms with Gasteiger partial charge in [-0.1, -0.05) is 36.9 Å². The van der Waals surface area contributed by atoms with E-state index in [0.29, 0.717) is 6.61 Å². The lowest BCUT2D eigenvalue weighted by Gasteiger charge is -2.29. The average molecular weight is 248 g/mol. The van der Waals surface area contributed by atoms with Crippen LogP contribution < -0.4 is 0 Å². The van der Waals surface area contributed by atoms with E-state index in [1.54, 1.807) is 0 Å². The molecule has 0 N–H and O–H groups in total. The van der Waals surface area contributed by atoms with Gasteiger partial charge in [-0.05, 0) is 5.56 Å². The average Bonchev–Trinajstić information content (AvgIpc) is 2.37. The zero-order chi connectivity index (χ0) is 13.4.